The van der Waals surface area contributed by atoms with Gasteiger partial charge in [-0.1, -0.05) is 0 Å². The van der Waals surface area contributed by atoms with E-state index in [1.165, 1.54) is 9.80 Å². The summed E-state index contributed by atoms with van der Waals surface area (Å²) in [4.78, 5) is 38.8. The molecule has 0 unspecified atom stereocenters. The molecule has 1 heterocycles. The fraction of sp³-hybridized carbons (Fsp3) is 0.750. The molecule has 1 aliphatic rings. The Kier molecular flexibility index (Phi) is 5.32. The number of likely N-dealkylation sites (tertiary alicyclic amines) is 1. The van der Waals surface area contributed by atoms with Crippen molar-refractivity contribution in [1.82, 2.24) is 14.7 Å². The van der Waals surface area contributed by atoms with E-state index in [0.717, 1.165) is 4.90 Å². The van der Waals surface area contributed by atoms with Crippen LogP contribution in [-0.2, 0) is 9.59 Å². The average molecular weight is 287 g/mol. The zero-order valence-corrected chi connectivity index (χ0v) is 11.9. The monoisotopic (exact) mass is 287 g/mol. The van der Waals surface area contributed by atoms with Gasteiger partial charge in [-0.3, -0.25) is 4.79 Å². The van der Waals surface area contributed by atoms with Gasteiger partial charge >= 0.3 is 12.0 Å². The van der Waals surface area contributed by atoms with Crippen molar-refractivity contribution >= 4 is 17.9 Å². The Bertz CT molecular complexity index is 399. The molecule has 1 fully saturated rings. The van der Waals surface area contributed by atoms with Crippen LogP contribution >= 0.6 is 0 Å². The third-order valence-corrected chi connectivity index (χ3v) is 3.29. The lowest BCUT2D eigenvalue weighted by molar-refractivity contribution is -0.141. The number of aliphatic hydroxyl groups excluding tert-OH is 1. The zero-order chi connectivity index (χ0) is 15.4. The number of hydrogen-bond donors (Lipinski definition) is 2. The smallest absolute Gasteiger partial charge is 0.326 e. The quantitative estimate of drug-likeness (QED) is 0.693. The summed E-state index contributed by atoms with van der Waals surface area (Å²) < 4.78 is 0. The first-order chi connectivity index (χ1) is 9.27. The summed E-state index contributed by atoms with van der Waals surface area (Å²) in [5.41, 5.74) is 0. The third-order valence-electron chi connectivity index (χ3n) is 3.29. The molecule has 20 heavy (non-hydrogen) atoms. The standard InChI is InChI=1S/C12H21N3O5/c1-4-14(7-10(17)13(2)3)12(20)15-6-8(16)5-9(15)11(18)19/h8-9,16H,4-7H2,1-3H3,(H,18,19)/t8-,9+/m1/s1. The number of rotatable bonds is 4. The van der Waals surface area contributed by atoms with Gasteiger partial charge in [0.2, 0.25) is 5.91 Å². The normalized spacial score (nSPS) is 21.7. The lowest BCUT2D eigenvalue weighted by atomic mass is 10.2. The summed E-state index contributed by atoms with van der Waals surface area (Å²) in [6.45, 7) is 1.87. The third kappa shape index (κ3) is 3.60. The maximum atomic E-state index is 12.3. The van der Waals surface area contributed by atoms with Crippen LogP contribution in [0.15, 0.2) is 0 Å². The molecule has 114 valence electrons. The van der Waals surface area contributed by atoms with Crippen LogP contribution in [0.5, 0.6) is 0 Å². The number of amides is 3. The molecule has 2 atom stereocenters. The number of urea groups is 1. The summed E-state index contributed by atoms with van der Waals surface area (Å²) in [5.74, 6) is -1.39. The van der Waals surface area contributed by atoms with E-state index in [9.17, 15) is 19.5 Å². The van der Waals surface area contributed by atoms with Gasteiger partial charge in [0.15, 0.2) is 0 Å². The van der Waals surface area contributed by atoms with Crippen LogP contribution < -0.4 is 0 Å². The number of carboxylic acids is 1. The van der Waals surface area contributed by atoms with Gasteiger partial charge in [0.25, 0.3) is 0 Å². The molecule has 3 amide bonds. The van der Waals surface area contributed by atoms with Gasteiger partial charge in [-0.05, 0) is 6.92 Å². The number of carbonyl (C=O) groups excluding carboxylic acids is 2. The molecule has 0 aliphatic carbocycles. The van der Waals surface area contributed by atoms with Gasteiger partial charge in [0.1, 0.15) is 12.6 Å². The molecule has 1 rings (SSSR count). The first-order valence-electron chi connectivity index (χ1n) is 6.44. The second-order valence-electron chi connectivity index (χ2n) is 4.98. The van der Waals surface area contributed by atoms with Gasteiger partial charge < -0.3 is 24.9 Å². The predicted octanol–water partition coefficient (Wildman–Crippen LogP) is -0.964. The zero-order valence-electron chi connectivity index (χ0n) is 11.9. The van der Waals surface area contributed by atoms with Crippen molar-refractivity contribution < 1.29 is 24.6 Å². The topological polar surface area (TPSA) is 101 Å². The Balaban J connectivity index is 2.79. The lowest BCUT2D eigenvalue weighted by Crippen LogP contribution is -2.50. The van der Waals surface area contributed by atoms with Crippen molar-refractivity contribution in [3.63, 3.8) is 0 Å². The van der Waals surface area contributed by atoms with Crippen LogP contribution in [0.25, 0.3) is 0 Å². The molecule has 8 heteroatoms. The summed E-state index contributed by atoms with van der Waals surface area (Å²) in [6, 6.07) is -1.58. The second kappa shape index (κ2) is 6.56. The first-order valence-corrected chi connectivity index (χ1v) is 6.44. The molecule has 0 aromatic carbocycles. The number of hydrogen-bond acceptors (Lipinski definition) is 4. The Morgan fingerprint density at radius 3 is 2.35 bits per heavy atom. The van der Waals surface area contributed by atoms with Crippen LogP contribution in [0.2, 0.25) is 0 Å². The van der Waals surface area contributed by atoms with Crippen LogP contribution in [-0.4, -0.2) is 88.7 Å². The van der Waals surface area contributed by atoms with E-state index in [1.807, 2.05) is 0 Å². The molecular formula is C12H21N3O5. The Morgan fingerprint density at radius 2 is 1.90 bits per heavy atom. The van der Waals surface area contributed by atoms with Crippen LogP contribution in [0.3, 0.4) is 0 Å². The molecule has 8 nitrogen and oxygen atoms in total. The van der Waals surface area contributed by atoms with Crippen LogP contribution in [0.1, 0.15) is 13.3 Å². The van der Waals surface area contributed by atoms with Gasteiger partial charge in [-0.2, -0.15) is 0 Å². The number of aliphatic carboxylic acids is 1. The molecular weight excluding hydrogens is 266 g/mol. The van der Waals surface area contributed by atoms with Gasteiger partial charge in [0, 0.05) is 33.6 Å². The number of carboxylic acid groups (broad SMARTS) is 1. The highest BCUT2D eigenvalue weighted by Gasteiger charge is 2.40. The van der Waals surface area contributed by atoms with E-state index >= 15 is 0 Å². The van der Waals surface area contributed by atoms with Gasteiger partial charge in [-0.25, -0.2) is 9.59 Å². The van der Waals surface area contributed by atoms with E-state index in [4.69, 9.17) is 5.11 Å². The fourth-order valence-electron chi connectivity index (χ4n) is 2.06. The van der Waals surface area contributed by atoms with Gasteiger partial charge in [0.05, 0.1) is 6.10 Å². The molecule has 0 radical (unpaired) electrons. The summed E-state index contributed by atoms with van der Waals surface area (Å²) in [7, 11) is 3.17. The minimum Gasteiger partial charge on any atom is -0.480 e. The Morgan fingerprint density at radius 1 is 1.30 bits per heavy atom. The Labute approximate surface area is 117 Å². The largest absolute Gasteiger partial charge is 0.480 e. The van der Waals surface area contributed by atoms with Crippen molar-refractivity contribution in [3.8, 4) is 0 Å². The first kappa shape index (κ1) is 16.2. The van der Waals surface area contributed by atoms with E-state index in [2.05, 4.69) is 0 Å². The van der Waals surface area contributed by atoms with Crippen molar-refractivity contribution in [3.05, 3.63) is 0 Å². The maximum absolute atomic E-state index is 12.3. The molecule has 0 bridgehead atoms. The average Bonchev–Trinajstić information content (AvgIpc) is 2.76. The molecule has 0 aromatic rings. The number of likely N-dealkylation sites (N-methyl/N-ethyl adjacent to an activating group) is 2. The highest BCUT2D eigenvalue weighted by atomic mass is 16.4. The molecule has 1 aliphatic heterocycles. The fourth-order valence-corrected chi connectivity index (χ4v) is 2.06. The molecule has 1 saturated heterocycles. The van der Waals surface area contributed by atoms with E-state index < -0.39 is 24.1 Å². The highest BCUT2D eigenvalue weighted by molar-refractivity contribution is 5.87. The van der Waals surface area contributed by atoms with E-state index in [1.54, 1.807) is 21.0 Å². The molecule has 0 spiro atoms. The van der Waals surface area contributed by atoms with Crippen molar-refractivity contribution in [2.24, 2.45) is 0 Å². The SMILES string of the molecule is CCN(CC(=O)N(C)C)C(=O)N1C[C@H](O)C[C@H]1C(=O)O. The van der Waals surface area contributed by atoms with Crippen molar-refractivity contribution in [2.45, 2.75) is 25.5 Å². The number of carbonyl (C=O) groups is 3. The minimum absolute atomic E-state index is 0.0141. The highest BCUT2D eigenvalue weighted by Crippen LogP contribution is 2.20. The second-order valence-corrected chi connectivity index (χ2v) is 4.98. The lowest BCUT2D eigenvalue weighted by Gasteiger charge is -2.29. The number of aliphatic hydroxyl groups is 1. The molecule has 0 saturated carbocycles. The minimum atomic E-state index is -1.15. The molecule has 2 N–H and O–H groups in total. The van der Waals surface area contributed by atoms with Crippen molar-refractivity contribution in [1.29, 1.82) is 0 Å². The predicted molar refractivity (Wildman–Crippen MR) is 70.1 cm³/mol. The van der Waals surface area contributed by atoms with E-state index in [0.29, 0.717) is 0 Å². The number of β-amino-alcohol motifs (C(OH)–C–C–N with tert-alkyl or cyclic N) is 1. The van der Waals surface area contributed by atoms with E-state index in [-0.39, 0.29) is 32.0 Å². The van der Waals surface area contributed by atoms with Crippen LogP contribution in [0.4, 0.5) is 4.79 Å². The van der Waals surface area contributed by atoms with Crippen molar-refractivity contribution in [2.75, 3.05) is 33.7 Å². The summed E-state index contributed by atoms with van der Waals surface area (Å²) in [5, 5.41) is 18.6. The summed E-state index contributed by atoms with van der Waals surface area (Å²) in [6.07, 6.45) is -0.830. The van der Waals surface area contributed by atoms with Crippen LogP contribution in [0, 0.1) is 0 Å². The molecule has 0 aromatic heterocycles. The summed E-state index contributed by atoms with van der Waals surface area (Å²) >= 11 is 0. The number of nitrogens with zero attached hydrogens (tertiary/aromatic N) is 3. The Hall–Kier alpha value is -1.83. The van der Waals surface area contributed by atoms with Gasteiger partial charge in [-0.15, -0.1) is 0 Å². The maximum Gasteiger partial charge on any atom is 0.326 e.